The number of piperidine rings is 1. The molecule has 8 heteroatoms. The normalized spacial score (nSPS) is 13.8. The van der Waals surface area contributed by atoms with Crippen molar-refractivity contribution in [3.05, 3.63) is 58.7 Å². The summed E-state index contributed by atoms with van der Waals surface area (Å²) in [5, 5.41) is 2.96. The maximum absolute atomic E-state index is 12.7. The van der Waals surface area contributed by atoms with Gasteiger partial charge in [0.1, 0.15) is 11.5 Å². The van der Waals surface area contributed by atoms with E-state index in [4.69, 9.17) is 14.2 Å². The van der Waals surface area contributed by atoms with Crippen LogP contribution in [0.1, 0.15) is 46.8 Å². The smallest absolute Gasteiger partial charge is 0.483 e. The Morgan fingerprint density at radius 1 is 0.971 bits per heavy atom. The number of amides is 2. The highest BCUT2D eigenvalue weighted by molar-refractivity contribution is 5.94. The van der Waals surface area contributed by atoms with Gasteiger partial charge >= 0.3 is 6.16 Å². The average molecular weight is 483 g/mol. The van der Waals surface area contributed by atoms with Crippen molar-refractivity contribution in [3.63, 3.8) is 0 Å². The lowest BCUT2D eigenvalue weighted by Gasteiger charge is -2.32. The van der Waals surface area contributed by atoms with Gasteiger partial charge in [-0.3, -0.25) is 9.59 Å². The van der Waals surface area contributed by atoms with E-state index in [1.807, 2.05) is 31.7 Å². The number of hydrogen-bond acceptors (Lipinski definition) is 6. The number of aryl methyl sites for hydroxylation is 2. The van der Waals surface area contributed by atoms with Crippen molar-refractivity contribution in [1.29, 1.82) is 0 Å². The Bertz CT molecular complexity index is 1040. The highest BCUT2D eigenvalue weighted by Gasteiger charge is 2.24. The second kappa shape index (κ2) is 12.2. The van der Waals surface area contributed by atoms with E-state index in [0.29, 0.717) is 36.9 Å². The fraction of sp³-hybridized carbons (Fsp3) is 0.444. The van der Waals surface area contributed by atoms with Gasteiger partial charge in [-0.05, 0) is 87.4 Å². The molecule has 2 aromatic carbocycles. The molecule has 0 bridgehead atoms. The molecule has 8 nitrogen and oxygen atoms in total. The quantitative estimate of drug-likeness (QED) is 0.448. The number of ether oxygens (including phenoxy) is 3. The Hall–Kier alpha value is -3.55. The van der Waals surface area contributed by atoms with Crippen molar-refractivity contribution >= 4 is 18.0 Å². The lowest BCUT2D eigenvalue weighted by atomic mass is 9.96. The molecule has 1 saturated heterocycles. The lowest BCUT2D eigenvalue weighted by Crippen LogP contribution is -2.43. The maximum Gasteiger partial charge on any atom is 0.513 e. The zero-order valence-corrected chi connectivity index (χ0v) is 20.9. The first-order valence-corrected chi connectivity index (χ1v) is 12.0. The molecule has 1 aliphatic heterocycles. The Labute approximate surface area is 206 Å². The van der Waals surface area contributed by atoms with Gasteiger partial charge in [-0.1, -0.05) is 12.1 Å². The molecule has 0 aromatic heterocycles. The fourth-order valence-electron chi connectivity index (χ4n) is 4.02. The van der Waals surface area contributed by atoms with Crippen LogP contribution in [-0.4, -0.2) is 55.7 Å². The van der Waals surface area contributed by atoms with Crippen LogP contribution in [0.2, 0.25) is 0 Å². The molecule has 1 N–H and O–H groups in total. The van der Waals surface area contributed by atoms with Crippen molar-refractivity contribution in [3.8, 4) is 11.5 Å². The van der Waals surface area contributed by atoms with Crippen LogP contribution < -0.4 is 14.8 Å². The van der Waals surface area contributed by atoms with Gasteiger partial charge in [0, 0.05) is 25.2 Å². The van der Waals surface area contributed by atoms with Crippen LogP contribution in [0.15, 0.2) is 36.4 Å². The summed E-state index contributed by atoms with van der Waals surface area (Å²) in [7, 11) is 0. The summed E-state index contributed by atoms with van der Waals surface area (Å²) >= 11 is 0. The van der Waals surface area contributed by atoms with Gasteiger partial charge in [0.15, 0.2) is 6.61 Å². The Balaban J connectivity index is 1.40. The summed E-state index contributed by atoms with van der Waals surface area (Å²) in [6, 6.07) is 10.4. The van der Waals surface area contributed by atoms with Gasteiger partial charge in [0.05, 0.1) is 6.61 Å². The number of nitrogens with zero attached hydrogens (tertiary/aromatic N) is 1. The van der Waals surface area contributed by atoms with E-state index in [0.717, 1.165) is 35.3 Å². The third-order valence-electron chi connectivity index (χ3n) is 6.31. The standard InChI is InChI=1S/C27H34N2O6/c1-5-33-27(32)35-23-10-8-22(9-11-23)26(31)28-16-21-12-14-29(15-13-21)24(30)17-34-25-19(3)7-6-18(2)20(25)4/h6-11,21H,5,12-17H2,1-4H3,(H,28,31). The number of benzene rings is 2. The molecule has 0 saturated carbocycles. The topological polar surface area (TPSA) is 94.2 Å². The first kappa shape index (κ1) is 26.1. The second-order valence-electron chi connectivity index (χ2n) is 8.79. The first-order chi connectivity index (χ1) is 16.8. The van der Waals surface area contributed by atoms with E-state index in [2.05, 4.69) is 11.4 Å². The van der Waals surface area contributed by atoms with E-state index in [9.17, 15) is 14.4 Å². The molecule has 2 amide bonds. The minimum absolute atomic E-state index is 0.0158. The number of carbonyl (C=O) groups excluding carboxylic acids is 3. The summed E-state index contributed by atoms with van der Waals surface area (Å²) in [4.78, 5) is 38.3. The SMILES string of the molecule is CCOC(=O)Oc1ccc(C(=O)NCC2CCN(C(=O)COc3c(C)ccc(C)c3C)CC2)cc1. The fourth-order valence-corrected chi connectivity index (χ4v) is 4.02. The summed E-state index contributed by atoms with van der Waals surface area (Å²) in [5.74, 6) is 1.20. The molecule has 0 spiro atoms. The van der Waals surface area contributed by atoms with E-state index < -0.39 is 6.16 Å². The van der Waals surface area contributed by atoms with E-state index in [1.54, 1.807) is 31.2 Å². The van der Waals surface area contributed by atoms with Crippen LogP contribution in [0.3, 0.4) is 0 Å². The van der Waals surface area contributed by atoms with Crippen LogP contribution in [0.25, 0.3) is 0 Å². The number of hydrogen-bond donors (Lipinski definition) is 1. The Morgan fingerprint density at radius 3 is 2.29 bits per heavy atom. The van der Waals surface area contributed by atoms with Crippen LogP contribution in [0, 0.1) is 26.7 Å². The minimum Gasteiger partial charge on any atom is -0.483 e. The number of nitrogens with one attached hydrogen (secondary N) is 1. The molecule has 0 atom stereocenters. The zero-order chi connectivity index (χ0) is 25.4. The number of rotatable bonds is 8. The molecule has 3 rings (SSSR count). The van der Waals surface area contributed by atoms with Crippen molar-refractivity contribution in [2.75, 3.05) is 32.8 Å². The second-order valence-corrected chi connectivity index (χ2v) is 8.79. The van der Waals surface area contributed by atoms with Gasteiger partial charge in [-0.2, -0.15) is 0 Å². The van der Waals surface area contributed by atoms with Crippen LogP contribution in [0.4, 0.5) is 4.79 Å². The average Bonchev–Trinajstić information content (AvgIpc) is 2.85. The van der Waals surface area contributed by atoms with E-state index >= 15 is 0 Å². The summed E-state index contributed by atoms with van der Waals surface area (Å²) in [6.07, 6.45) is 0.864. The first-order valence-electron chi connectivity index (χ1n) is 12.0. The maximum atomic E-state index is 12.7. The van der Waals surface area contributed by atoms with Crippen molar-refractivity contribution < 1.29 is 28.6 Å². The lowest BCUT2D eigenvalue weighted by molar-refractivity contribution is -0.134. The highest BCUT2D eigenvalue weighted by atomic mass is 16.7. The zero-order valence-electron chi connectivity index (χ0n) is 20.9. The van der Waals surface area contributed by atoms with E-state index in [-0.39, 0.29) is 25.0 Å². The van der Waals surface area contributed by atoms with Gasteiger partial charge in [-0.25, -0.2) is 4.79 Å². The summed E-state index contributed by atoms with van der Waals surface area (Å²) < 4.78 is 15.6. The van der Waals surface area contributed by atoms with Gasteiger partial charge in [0.2, 0.25) is 0 Å². The molecule has 0 unspecified atom stereocenters. The van der Waals surface area contributed by atoms with Gasteiger partial charge in [-0.15, -0.1) is 0 Å². The molecule has 35 heavy (non-hydrogen) atoms. The third kappa shape index (κ3) is 7.21. The van der Waals surface area contributed by atoms with Crippen LogP contribution in [-0.2, 0) is 9.53 Å². The molecule has 1 aliphatic rings. The Kier molecular flexibility index (Phi) is 9.11. The van der Waals surface area contributed by atoms with Crippen molar-refractivity contribution in [2.24, 2.45) is 5.92 Å². The van der Waals surface area contributed by atoms with Crippen molar-refractivity contribution in [1.82, 2.24) is 10.2 Å². The molecule has 1 fully saturated rings. The summed E-state index contributed by atoms with van der Waals surface area (Å²) in [5.41, 5.74) is 3.71. The van der Waals surface area contributed by atoms with E-state index in [1.165, 1.54) is 0 Å². The third-order valence-corrected chi connectivity index (χ3v) is 6.31. The molecule has 0 radical (unpaired) electrons. The van der Waals surface area contributed by atoms with Crippen LogP contribution in [0.5, 0.6) is 11.5 Å². The largest absolute Gasteiger partial charge is 0.513 e. The summed E-state index contributed by atoms with van der Waals surface area (Å²) in [6.45, 7) is 9.81. The molecule has 0 aliphatic carbocycles. The minimum atomic E-state index is -0.776. The van der Waals surface area contributed by atoms with Gasteiger partial charge < -0.3 is 24.4 Å². The molecule has 188 valence electrons. The monoisotopic (exact) mass is 482 g/mol. The predicted molar refractivity (Wildman–Crippen MR) is 132 cm³/mol. The Morgan fingerprint density at radius 2 is 1.63 bits per heavy atom. The number of carbonyl (C=O) groups is 3. The van der Waals surface area contributed by atoms with Gasteiger partial charge in [0.25, 0.3) is 11.8 Å². The molecular formula is C27H34N2O6. The highest BCUT2D eigenvalue weighted by Crippen LogP contribution is 2.26. The molecule has 2 aromatic rings. The van der Waals surface area contributed by atoms with Crippen LogP contribution >= 0.6 is 0 Å². The number of likely N-dealkylation sites (tertiary alicyclic amines) is 1. The molecular weight excluding hydrogens is 448 g/mol. The molecule has 1 heterocycles. The predicted octanol–water partition coefficient (Wildman–Crippen LogP) is 4.19. The van der Waals surface area contributed by atoms with Crippen molar-refractivity contribution in [2.45, 2.75) is 40.5 Å².